The molecule has 0 bridgehead atoms. The highest BCUT2D eigenvalue weighted by Gasteiger charge is 2.12. The Hall–Kier alpha value is -2.90. The van der Waals surface area contributed by atoms with E-state index < -0.39 is 5.97 Å². The molecule has 0 radical (unpaired) electrons. The molecule has 0 unspecified atom stereocenters. The van der Waals surface area contributed by atoms with Crippen LogP contribution in [0, 0.1) is 6.92 Å². The maximum atomic E-state index is 11.8. The molecule has 0 saturated carbocycles. The molecule has 2 N–H and O–H groups in total. The molecule has 29 heavy (non-hydrogen) atoms. The third-order valence-electron chi connectivity index (χ3n) is 4.24. The molecule has 6 nitrogen and oxygen atoms in total. The van der Waals surface area contributed by atoms with Crippen molar-refractivity contribution in [3.8, 4) is 5.69 Å². The molecule has 1 aromatic heterocycles. The minimum Gasteiger partial charge on any atom is -0.462 e. The van der Waals surface area contributed by atoms with Crippen LogP contribution in [0.3, 0.4) is 0 Å². The van der Waals surface area contributed by atoms with Crippen molar-refractivity contribution in [2.24, 2.45) is 0 Å². The number of aryl methyl sites for hydroxylation is 1. The van der Waals surface area contributed by atoms with Gasteiger partial charge in [0.15, 0.2) is 5.11 Å². The second kappa shape index (κ2) is 9.54. The fourth-order valence-corrected chi connectivity index (χ4v) is 3.29. The van der Waals surface area contributed by atoms with Crippen molar-refractivity contribution in [1.29, 1.82) is 0 Å². The lowest BCUT2D eigenvalue weighted by Gasteiger charge is -2.15. The molecular formula is C21H21ClN4O2S. The highest BCUT2D eigenvalue weighted by atomic mass is 35.5. The highest BCUT2D eigenvalue weighted by molar-refractivity contribution is 7.80. The third kappa shape index (κ3) is 5.13. The number of benzene rings is 2. The Morgan fingerprint density at radius 2 is 2.07 bits per heavy atom. The Morgan fingerprint density at radius 1 is 1.28 bits per heavy atom. The summed E-state index contributed by atoms with van der Waals surface area (Å²) in [6, 6.07) is 13.0. The molecule has 1 heterocycles. The predicted molar refractivity (Wildman–Crippen MR) is 119 cm³/mol. The Morgan fingerprint density at radius 3 is 2.76 bits per heavy atom. The Labute approximate surface area is 179 Å². The molecule has 0 saturated heterocycles. The van der Waals surface area contributed by atoms with E-state index in [-0.39, 0.29) is 0 Å². The number of hydrogen-bond acceptors (Lipinski definition) is 4. The largest absolute Gasteiger partial charge is 0.462 e. The standard InChI is InChI=1S/C21H21ClN4O2S/c1-3-28-20(27)17-9-8-16(12-18(17)22)25-21(29)24-13-15-6-4-5-7-19(15)26-11-10-23-14(26)2/h4-12H,3,13H2,1-2H3,(H2,24,25,29). The number of carbonyl (C=O) groups is 1. The van der Waals surface area contributed by atoms with Gasteiger partial charge in [-0.25, -0.2) is 9.78 Å². The monoisotopic (exact) mass is 428 g/mol. The minimum atomic E-state index is -0.448. The van der Waals surface area contributed by atoms with Gasteiger partial charge in [0.25, 0.3) is 0 Å². The van der Waals surface area contributed by atoms with Gasteiger partial charge in [0, 0.05) is 24.6 Å². The number of carbonyl (C=O) groups excluding carboxylic acids is 1. The lowest BCUT2D eigenvalue weighted by atomic mass is 10.1. The van der Waals surface area contributed by atoms with Gasteiger partial charge in [0.05, 0.1) is 22.9 Å². The maximum Gasteiger partial charge on any atom is 0.339 e. The van der Waals surface area contributed by atoms with Crippen molar-refractivity contribution < 1.29 is 9.53 Å². The molecule has 2 aromatic carbocycles. The number of aromatic nitrogens is 2. The highest BCUT2D eigenvalue weighted by Crippen LogP contribution is 2.22. The van der Waals surface area contributed by atoms with E-state index in [0.29, 0.717) is 34.5 Å². The van der Waals surface area contributed by atoms with Crippen LogP contribution in [0.1, 0.15) is 28.7 Å². The van der Waals surface area contributed by atoms with Crippen LogP contribution in [-0.4, -0.2) is 27.2 Å². The number of esters is 1. The molecule has 150 valence electrons. The summed E-state index contributed by atoms with van der Waals surface area (Å²) in [6.07, 6.45) is 3.70. The average Bonchev–Trinajstić information content (AvgIpc) is 3.12. The van der Waals surface area contributed by atoms with Gasteiger partial charge in [-0.3, -0.25) is 0 Å². The molecule has 0 atom stereocenters. The van der Waals surface area contributed by atoms with Gasteiger partial charge in [-0.05, 0) is 55.9 Å². The van der Waals surface area contributed by atoms with E-state index in [0.717, 1.165) is 17.1 Å². The molecule has 0 fully saturated rings. The van der Waals surface area contributed by atoms with Gasteiger partial charge in [0.1, 0.15) is 5.82 Å². The van der Waals surface area contributed by atoms with Gasteiger partial charge >= 0.3 is 5.97 Å². The molecule has 0 aliphatic heterocycles. The summed E-state index contributed by atoms with van der Waals surface area (Å²) in [7, 11) is 0. The van der Waals surface area contributed by atoms with Crippen molar-refractivity contribution in [2.45, 2.75) is 20.4 Å². The van der Waals surface area contributed by atoms with Gasteiger partial charge in [-0.15, -0.1) is 0 Å². The summed E-state index contributed by atoms with van der Waals surface area (Å²) >= 11 is 11.6. The lowest BCUT2D eigenvalue weighted by molar-refractivity contribution is 0.0526. The second-order valence-corrected chi connectivity index (χ2v) is 7.01. The third-order valence-corrected chi connectivity index (χ3v) is 4.80. The van der Waals surface area contributed by atoms with Gasteiger partial charge in [-0.1, -0.05) is 29.8 Å². The van der Waals surface area contributed by atoms with Crippen LogP contribution in [-0.2, 0) is 11.3 Å². The first kappa shape index (κ1) is 20.8. The summed E-state index contributed by atoms with van der Waals surface area (Å²) in [5.41, 5.74) is 3.12. The zero-order chi connectivity index (χ0) is 20.8. The molecule has 0 spiro atoms. The zero-order valence-corrected chi connectivity index (χ0v) is 17.7. The maximum absolute atomic E-state index is 11.8. The van der Waals surface area contributed by atoms with Crippen LogP contribution in [0.4, 0.5) is 5.69 Å². The van der Waals surface area contributed by atoms with Crippen LogP contribution in [0.15, 0.2) is 54.9 Å². The molecule has 3 rings (SSSR count). The molecule has 0 aliphatic carbocycles. The van der Waals surface area contributed by atoms with Gasteiger partial charge in [0.2, 0.25) is 0 Å². The first-order valence-electron chi connectivity index (χ1n) is 9.09. The van der Waals surface area contributed by atoms with Crippen LogP contribution in [0.25, 0.3) is 5.69 Å². The van der Waals surface area contributed by atoms with E-state index in [4.69, 9.17) is 28.6 Å². The number of thiocarbonyl (C=S) groups is 1. The summed E-state index contributed by atoms with van der Waals surface area (Å²) in [5.74, 6) is 0.464. The van der Waals surface area contributed by atoms with E-state index in [1.165, 1.54) is 0 Å². The summed E-state index contributed by atoms with van der Waals surface area (Å²) in [6.45, 7) is 4.54. The molecular weight excluding hydrogens is 408 g/mol. The minimum absolute atomic E-state index is 0.295. The smallest absolute Gasteiger partial charge is 0.339 e. The fourth-order valence-electron chi connectivity index (χ4n) is 2.85. The summed E-state index contributed by atoms with van der Waals surface area (Å²) < 4.78 is 7.01. The van der Waals surface area contributed by atoms with Crippen molar-refractivity contribution >= 4 is 40.6 Å². The van der Waals surface area contributed by atoms with E-state index in [1.807, 2.05) is 42.0 Å². The Bertz CT molecular complexity index is 1040. The molecule has 3 aromatic rings. The topological polar surface area (TPSA) is 68.2 Å². The molecule has 8 heteroatoms. The fraction of sp³-hybridized carbons (Fsp3) is 0.190. The number of imidazole rings is 1. The average molecular weight is 429 g/mol. The first-order valence-corrected chi connectivity index (χ1v) is 9.88. The Kier molecular flexibility index (Phi) is 6.85. The zero-order valence-electron chi connectivity index (χ0n) is 16.1. The van der Waals surface area contributed by atoms with E-state index in [1.54, 1.807) is 31.3 Å². The van der Waals surface area contributed by atoms with Crippen LogP contribution < -0.4 is 10.6 Å². The summed E-state index contributed by atoms with van der Waals surface area (Å²) in [5, 5.41) is 7.03. The second-order valence-electron chi connectivity index (χ2n) is 6.20. The number of anilines is 1. The van der Waals surface area contributed by atoms with E-state index in [9.17, 15) is 4.79 Å². The number of ether oxygens (including phenoxy) is 1. The molecule has 0 amide bonds. The Balaban J connectivity index is 1.65. The number of halogens is 1. The van der Waals surface area contributed by atoms with Crippen LogP contribution >= 0.6 is 23.8 Å². The number of hydrogen-bond donors (Lipinski definition) is 2. The van der Waals surface area contributed by atoms with Crippen LogP contribution in [0.2, 0.25) is 5.02 Å². The molecule has 0 aliphatic rings. The van der Waals surface area contributed by atoms with E-state index in [2.05, 4.69) is 15.6 Å². The van der Waals surface area contributed by atoms with Gasteiger partial charge < -0.3 is 19.9 Å². The normalized spacial score (nSPS) is 10.4. The van der Waals surface area contributed by atoms with E-state index >= 15 is 0 Å². The van der Waals surface area contributed by atoms with Crippen molar-refractivity contribution in [1.82, 2.24) is 14.9 Å². The predicted octanol–water partition coefficient (Wildman–Crippen LogP) is 4.50. The first-order chi connectivity index (χ1) is 14.0. The van der Waals surface area contributed by atoms with Crippen molar-refractivity contribution in [3.63, 3.8) is 0 Å². The van der Waals surface area contributed by atoms with Gasteiger partial charge in [-0.2, -0.15) is 0 Å². The number of nitrogens with one attached hydrogen (secondary N) is 2. The van der Waals surface area contributed by atoms with Crippen molar-refractivity contribution in [3.05, 3.63) is 76.8 Å². The van der Waals surface area contributed by atoms with Crippen LogP contribution in [0.5, 0.6) is 0 Å². The SMILES string of the molecule is CCOC(=O)c1ccc(NC(=S)NCc2ccccc2-n2ccnc2C)cc1Cl. The number of rotatable bonds is 6. The lowest BCUT2D eigenvalue weighted by Crippen LogP contribution is -2.28. The van der Waals surface area contributed by atoms with Crippen molar-refractivity contribution in [2.75, 3.05) is 11.9 Å². The number of nitrogens with zero attached hydrogens (tertiary/aromatic N) is 2. The summed E-state index contributed by atoms with van der Waals surface area (Å²) in [4.78, 5) is 16.1. The number of para-hydroxylation sites is 1. The quantitative estimate of drug-likeness (QED) is 0.445.